The number of anilines is 1. The van der Waals surface area contributed by atoms with Crippen LogP contribution in [0.15, 0.2) is 48.7 Å². The molecule has 1 aromatic heterocycles. The molecule has 1 spiro atoms. The molecule has 2 aliphatic rings. The molecule has 7 nitrogen and oxygen atoms in total. The number of nitrogens with zero attached hydrogens (tertiary/aromatic N) is 3. The van der Waals surface area contributed by atoms with Gasteiger partial charge in [0, 0.05) is 18.4 Å². The molecule has 2 aromatic rings. The van der Waals surface area contributed by atoms with Gasteiger partial charge in [-0.15, -0.1) is 0 Å². The highest BCUT2D eigenvalue weighted by molar-refractivity contribution is 5.98. The minimum absolute atomic E-state index is 0.0931. The third-order valence-corrected chi connectivity index (χ3v) is 4.94. The van der Waals surface area contributed by atoms with E-state index in [1.807, 2.05) is 0 Å². The van der Waals surface area contributed by atoms with Crippen LogP contribution in [0.3, 0.4) is 0 Å². The third kappa shape index (κ3) is 3.88. The molecule has 2 saturated heterocycles. The maximum atomic E-state index is 14.6. The minimum Gasteiger partial charge on any atom is -0.376 e. The first-order chi connectivity index (χ1) is 14.3. The lowest BCUT2D eigenvalue weighted by Crippen LogP contribution is -2.66. The van der Waals surface area contributed by atoms with Crippen LogP contribution in [0.2, 0.25) is 0 Å². The zero-order valence-corrected chi connectivity index (χ0v) is 15.8. The van der Waals surface area contributed by atoms with Crippen LogP contribution < -0.4 is 4.90 Å². The van der Waals surface area contributed by atoms with E-state index >= 15 is 0 Å². The summed E-state index contributed by atoms with van der Waals surface area (Å²) in [5.41, 5.74) is -1.42. The first-order valence-corrected chi connectivity index (χ1v) is 9.23. The van der Waals surface area contributed by atoms with E-state index in [0.717, 1.165) is 17.0 Å². The number of rotatable bonds is 2. The number of hydrogen-bond acceptors (Lipinski definition) is 5. The highest BCUT2D eigenvalue weighted by Crippen LogP contribution is 2.37. The molecule has 1 atom stereocenters. The molecule has 0 aliphatic carbocycles. The van der Waals surface area contributed by atoms with E-state index in [2.05, 4.69) is 4.98 Å². The molecule has 0 radical (unpaired) electrons. The Labute approximate surface area is 170 Å². The van der Waals surface area contributed by atoms with E-state index in [9.17, 15) is 22.8 Å². The minimum atomic E-state index is -4.14. The number of morpholine rings is 1. The van der Waals surface area contributed by atoms with Gasteiger partial charge in [-0.3, -0.25) is 19.3 Å². The predicted octanol–water partition coefficient (Wildman–Crippen LogP) is 2.09. The normalized spacial score (nSPS) is 24.0. The van der Waals surface area contributed by atoms with Crippen molar-refractivity contribution in [1.29, 1.82) is 0 Å². The zero-order valence-electron chi connectivity index (χ0n) is 15.8. The van der Waals surface area contributed by atoms with Gasteiger partial charge in [0.1, 0.15) is 17.1 Å². The Morgan fingerprint density at radius 1 is 1.10 bits per heavy atom. The number of alkyl halides is 2. The Morgan fingerprint density at radius 2 is 1.87 bits per heavy atom. The van der Waals surface area contributed by atoms with E-state index in [-0.39, 0.29) is 44.2 Å². The smallest absolute Gasteiger partial charge is 0.376 e. The molecule has 4 rings (SSSR count). The topological polar surface area (TPSA) is 72.0 Å². The number of amides is 2. The first-order valence-electron chi connectivity index (χ1n) is 9.23. The summed E-state index contributed by atoms with van der Waals surface area (Å²) in [5.74, 6) is -2.59. The van der Waals surface area contributed by atoms with Crippen molar-refractivity contribution in [3.63, 3.8) is 0 Å². The van der Waals surface area contributed by atoms with Crippen molar-refractivity contribution in [2.24, 2.45) is 0 Å². The molecule has 0 N–H and O–H groups in total. The SMILES string of the molecule is O=C(c1ccccn1)N1CCOCC2(C1)CN(c1ccc(F)cc1)C(=O)C(F)(F)O2. The van der Waals surface area contributed by atoms with E-state index in [4.69, 9.17) is 9.47 Å². The summed E-state index contributed by atoms with van der Waals surface area (Å²) in [6.45, 7) is -0.516. The Balaban J connectivity index is 1.65. The van der Waals surface area contributed by atoms with Crippen LogP contribution in [0, 0.1) is 5.82 Å². The molecular weight excluding hydrogens is 403 g/mol. The lowest BCUT2D eigenvalue weighted by molar-refractivity contribution is -0.293. The van der Waals surface area contributed by atoms with Gasteiger partial charge in [-0.05, 0) is 36.4 Å². The van der Waals surface area contributed by atoms with Crippen molar-refractivity contribution >= 4 is 17.5 Å². The highest BCUT2D eigenvalue weighted by Gasteiger charge is 2.58. The lowest BCUT2D eigenvalue weighted by Gasteiger charge is -2.45. The molecule has 2 amide bonds. The number of aromatic nitrogens is 1. The predicted molar refractivity (Wildman–Crippen MR) is 98.5 cm³/mol. The Bertz CT molecular complexity index is 942. The molecular formula is C20H18F3N3O4. The number of halogens is 3. The standard InChI is InChI=1S/C20H18F3N3O4/c21-14-4-6-15(7-5-14)26-12-19(30-20(22,23)18(26)28)11-25(9-10-29-13-19)17(27)16-3-1-2-8-24-16/h1-8H,9-13H2. The van der Waals surface area contributed by atoms with Crippen LogP contribution >= 0.6 is 0 Å². The van der Waals surface area contributed by atoms with Crippen LogP contribution in [0.1, 0.15) is 10.5 Å². The maximum absolute atomic E-state index is 14.6. The van der Waals surface area contributed by atoms with Gasteiger partial charge in [0.2, 0.25) is 0 Å². The van der Waals surface area contributed by atoms with E-state index in [0.29, 0.717) is 0 Å². The molecule has 1 aromatic carbocycles. The summed E-state index contributed by atoms with van der Waals surface area (Å²) in [7, 11) is 0. The number of pyridine rings is 1. The number of carbonyl (C=O) groups excluding carboxylic acids is 2. The van der Waals surface area contributed by atoms with Crippen molar-refractivity contribution in [3.8, 4) is 0 Å². The van der Waals surface area contributed by atoms with E-state index in [1.54, 1.807) is 12.1 Å². The molecule has 158 valence electrons. The summed E-state index contributed by atoms with van der Waals surface area (Å²) in [6.07, 6.45) is -2.68. The number of hydrogen-bond donors (Lipinski definition) is 0. The summed E-state index contributed by atoms with van der Waals surface area (Å²) in [4.78, 5) is 31.3. The van der Waals surface area contributed by atoms with Gasteiger partial charge in [0.05, 0.1) is 26.3 Å². The average molecular weight is 421 g/mol. The fourth-order valence-corrected chi connectivity index (χ4v) is 3.58. The Hall–Kier alpha value is -2.98. The molecule has 10 heteroatoms. The van der Waals surface area contributed by atoms with Crippen LogP contribution in [0.25, 0.3) is 0 Å². The monoisotopic (exact) mass is 421 g/mol. The van der Waals surface area contributed by atoms with Gasteiger partial charge in [-0.25, -0.2) is 4.39 Å². The van der Waals surface area contributed by atoms with Gasteiger partial charge in [0.25, 0.3) is 5.91 Å². The first kappa shape index (κ1) is 20.3. The zero-order chi connectivity index (χ0) is 21.4. The fraction of sp³-hybridized carbons (Fsp3) is 0.350. The van der Waals surface area contributed by atoms with Crippen LogP contribution in [0.5, 0.6) is 0 Å². The Kier molecular flexibility index (Phi) is 5.20. The summed E-state index contributed by atoms with van der Waals surface area (Å²) >= 11 is 0. The fourth-order valence-electron chi connectivity index (χ4n) is 3.58. The average Bonchev–Trinajstić information content (AvgIpc) is 2.94. The summed E-state index contributed by atoms with van der Waals surface area (Å²) in [5, 5.41) is 0. The van der Waals surface area contributed by atoms with Crippen molar-refractivity contribution in [2.45, 2.75) is 11.7 Å². The highest BCUT2D eigenvalue weighted by atomic mass is 19.3. The quantitative estimate of drug-likeness (QED) is 0.743. The third-order valence-electron chi connectivity index (χ3n) is 4.94. The van der Waals surface area contributed by atoms with Gasteiger partial charge < -0.3 is 14.5 Å². The summed E-state index contributed by atoms with van der Waals surface area (Å²) in [6, 6.07) is 9.43. The largest absolute Gasteiger partial charge is 0.437 e. The van der Waals surface area contributed by atoms with Crippen molar-refractivity contribution in [1.82, 2.24) is 9.88 Å². The second kappa shape index (κ2) is 7.69. The second-order valence-corrected chi connectivity index (χ2v) is 7.16. The van der Waals surface area contributed by atoms with Gasteiger partial charge in [-0.1, -0.05) is 6.07 Å². The van der Waals surface area contributed by atoms with Crippen molar-refractivity contribution < 1.29 is 32.2 Å². The van der Waals surface area contributed by atoms with Crippen molar-refractivity contribution in [2.75, 3.05) is 37.7 Å². The second-order valence-electron chi connectivity index (χ2n) is 7.16. The lowest BCUT2D eigenvalue weighted by atomic mass is 10.00. The van der Waals surface area contributed by atoms with E-state index in [1.165, 1.54) is 29.3 Å². The summed E-state index contributed by atoms with van der Waals surface area (Å²) < 4.78 is 52.8. The maximum Gasteiger partial charge on any atom is 0.437 e. The molecule has 2 aliphatic heterocycles. The molecule has 2 fully saturated rings. The van der Waals surface area contributed by atoms with Crippen LogP contribution in [-0.2, 0) is 14.3 Å². The molecule has 3 heterocycles. The van der Waals surface area contributed by atoms with Gasteiger partial charge >= 0.3 is 12.0 Å². The molecule has 30 heavy (non-hydrogen) atoms. The van der Waals surface area contributed by atoms with Gasteiger partial charge in [0.15, 0.2) is 0 Å². The number of benzene rings is 1. The van der Waals surface area contributed by atoms with Gasteiger partial charge in [-0.2, -0.15) is 8.78 Å². The van der Waals surface area contributed by atoms with Crippen LogP contribution in [-0.4, -0.2) is 66.3 Å². The molecule has 0 bridgehead atoms. The van der Waals surface area contributed by atoms with Crippen LogP contribution in [0.4, 0.5) is 18.9 Å². The molecule has 1 unspecified atom stereocenters. The number of carbonyl (C=O) groups is 2. The molecule has 0 saturated carbocycles. The van der Waals surface area contributed by atoms with Crippen molar-refractivity contribution in [3.05, 3.63) is 60.2 Å². The van der Waals surface area contributed by atoms with E-state index < -0.39 is 29.3 Å². The Morgan fingerprint density at radius 3 is 2.57 bits per heavy atom. The number of ether oxygens (including phenoxy) is 2.